The van der Waals surface area contributed by atoms with E-state index < -0.39 is 0 Å². The summed E-state index contributed by atoms with van der Waals surface area (Å²) >= 11 is 0. The van der Waals surface area contributed by atoms with Crippen molar-refractivity contribution >= 4 is 17.5 Å². The number of fused-ring (bicyclic) bond motifs is 1. The second-order valence-corrected chi connectivity index (χ2v) is 4.33. The molecular formula is C15H11N5. The maximum absolute atomic E-state index is 8.99. The Hall–Kier alpha value is -3.00. The average Bonchev–Trinajstić information content (AvgIpc) is 2.87. The molecule has 0 atom stereocenters. The SMILES string of the molecule is Cc1cccc(/C=N/c2ccc3ncc(C#N)n3c2)n1. The Labute approximate surface area is 115 Å². The van der Waals surface area contributed by atoms with Gasteiger partial charge >= 0.3 is 0 Å². The monoisotopic (exact) mass is 261 g/mol. The Morgan fingerprint density at radius 2 is 2.20 bits per heavy atom. The van der Waals surface area contributed by atoms with Crippen LogP contribution < -0.4 is 0 Å². The zero-order valence-corrected chi connectivity index (χ0v) is 10.9. The van der Waals surface area contributed by atoms with E-state index in [2.05, 4.69) is 21.0 Å². The van der Waals surface area contributed by atoms with Crippen LogP contribution in [0.4, 0.5) is 5.69 Å². The van der Waals surface area contributed by atoms with Crippen molar-refractivity contribution in [1.82, 2.24) is 14.4 Å². The van der Waals surface area contributed by atoms with E-state index in [1.54, 1.807) is 23.0 Å². The predicted molar refractivity (Wildman–Crippen MR) is 76.1 cm³/mol. The summed E-state index contributed by atoms with van der Waals surface area (Å²) < 4.78 is 1.72. The van der Waals surface area contributed by atoms with Crippen molar-refractivity contribution in [3.8, 4) is 6.07 Å². The smallest absolute Gasteiger partial charge is 0.144 e. The molecule has 0 unspecified atom stereocenters. The van der Waals surface area contributed by atoms with Gasteiger partial charge in [-0.15, -0.1) is 0 Å². The molecule has 0 N–H and O–H groups in total. The third-order valence-electron chi connectivity index (χ3n) is 2.86. The highest BCUT2D eigenvalue weighted by atomic mass is 15.0. The summed E-state index contributed by atoms with van der Waals surface area (Å²) in [4.78, 5) is 12.9. The van der Waals surface area contributed by atoms with Gasteiger partial charge in [0.25, 0.3) is 0 Å². The van der Waals surface area contributed by atoms with E-state index >= 15 is 0 Å². The van der Waals surface area contributed by atoms with E-state index in [4.69, 9.17) is 5.26 Å². The molecule has 0 aliphatic rings. The van der Waals surface area contributed by atoms with Crippen molar-refractivity contribution in [3.05, 3.63) is 59.8 Å². The van der Waals surface area contributed by atoms with E-state index in [-0.39, 0.29) is 0 Å². The van der Waals surface area contributed by atoms with Crippen molar-refractivity contribution in [2.75, 3.05) is 0 Å². The lowest BCUT2D eigenvalue weighted by Crippen LogP contribution is -1.90. The minimum absolute atomic E-state index is 0.491. The van der Waals surface area contributed by atoms with Crippen LogP contribution in [0.3, 0.4) is 0 Å². The van der Waals surface area contributed by atoms with Gasteiger partial charge in [-0.1, -0.05) is 6.07 Å². The maximum atomic E-state index is 8.99. The molecule has 0 radical (unpaired) electrons. The van der Waals surface area contributed by atoms with Crippen LogP contribution in [0.15, 0.2) is 47.7 Å². The first-order chi connectivity index (χ1) is 9.76. The van der Waals surface area contributed by atoms with Gasteiger partial charge in [-0.05, 0) is 31.2 Å². The molecule has 96 valence electrons. The lowest BCUT2D eigenvalue weighted by atomic mass is 10.3. The molecule has 3 aromatic rings. The fourth-order valence-corrected chi connectivity index (χ4v) is 1.91. The van der Waals surface area contributed by atoms with E-state index in [9.17, 15) is 0 Å². The summed E-state index contributed by atoms with van der Waals surface area (Å²) in [6, 6.07) is 11.6. The Morgan fingerprint density at radius 1 is 1.30 bits per heavy atom. The van der Waals surface area contributed by atoms with E-state index in [0.717, 1.165) is 22.7 Å². The largest absolute Gasteiger partial charge is 0.289 e. The highest BCUT2D eigenvalue weighted by Crippen LogP contribution is 2.15. The van der Waals surface area contributed by atoms with E-state index in [1.165, 1.54) is 0 Å². The van der Waals surface area contributed by atoms with Crippen LogP contribution >= 0.6 is 0 Å². The lowest BCUT2D eigenvalue weighted by Gasteiger charge is -1.98. The number of aryl methyl sites for hydroxylation is 1. The molecule has 0 aromatic carbocycles. The number of pyridine rings is 2. The Kier molecular flexibility index (Phi) is 2.98. The van der Waals surface area contributed by atoms with Crippen LogP contribution in [0.25, 0.3) is 5.65 Å². The Balaban J connectivity index is 1.97. The topological polar surface area (TPSA) is 66.3 Å². The number of aromatic nitrogens is 3. The molecule has 0 bridgehead atoms. The van der Waals surface area contributed by atoms with E-state index in [0.29, 0.717) is 5.69 Å². The Bertz CT molecular complexity index is 839. The molecule has 5 heteroatoms. The number of hydrogen-bond donors (Lipinski definition) is 0. The van der Waals surface area contributed by atoms with Gasteiger partial charge in [0, 0.05) is 11.9 Å². The number of nitrogens with zero attached hydrogens (tertiary/aromatic N) is 5. The fraction of sp³-hybridized carbons (Fsp3) is 0.0667. The minimum atomic E-state index is 0.491. The van der Waals surface area contributed by atoms with Crippen LogP contribution in [-0.2, 0) is 0 Å². The van der Waals surface area contributed by atoms with Gasteiger partial charge in [-0.3, -0.25) is 14.4 Å². The molecule has 0 fully saturated rings. The minimum Gasteiger partial charge on any atom is -0.289 e. The fourth-order valence-electron chi connectivity index (χ4n) is 1.91. The quantitative estimate of drug-likeness (QED) is 0.666. The first-order valence-electron chi connectivity index (χ1n) is 6.11. The summed E-state index contributed by atoms with van der Waals surface area (Å²) in [6.07, 6.45) is 5.04. The maximum Gasteiger partial charge on any atom is 0.144 e. The average molecular weight is 261 g/mol. The van der Waals surface area contributed by atoms with Crippen LogP contribution in [-0.4, -0.2) is 20.6 Å². The summed E-state index contributed by atoms with van der Waals surface area (Å²) in [5, 5.41) is 8.99. The van der Waals surface area contributed by atoms with Gasteiger partial charge < -0.3 is 0 Å². The van der Waals surface area contributed by atoms with Crippen LogP contribution in [0.5, 0.6) is 0 Å². The summed E-state index contributed by atoms with van der Waals surface area (Å²) in [7, 11) is 0. The first-order valence-corrected chi connectivity index (χ1v) is 6.11. The number of aliphatic imine (C=N–C) groups is 1. The first kappa shape index (κ1) is 12.1. The number of rotatable bonds is 2. The molecule has 20 heavy (non-hydrogen) atoms. The normalized spacial score (nSPS) is 11.0. The molecule has 0 aliphatic heterocycles. The van der Waals surface area contributed by atoms with Gasteiger partial charge in [-0.25, -0.2) is 4.98 Å². The van der Waals surface area contributed by atoms with Gasteiger partial charge in [0.1, 0.15) is 17.4 Å². The highest BCUT2D eigenvalue weighted by Gasteiger charge is 2.02. The van der Waals surface area contributed by atoms with Crippen molar-refractivity contribution in [2.24, 2.45) is 4.99 Å². The van der Waals surface area contributed by atoms with Gasteiger partial charge in [0.15, 0.2) is 0 Å². The van der Waals surface area contributed by atoms with Crippen molar-refractivity contribution in [1.29, 1.82) is 5.26 Å². The molecule has 0 saturated carbocycles. The zero-order chi connectivity index (χ0) is 13.9. The van der Waals surface area contributed by atoms with Crippen LogP contribution in [0, 0.1) is 18.3 Å². The lowest BCUT2D eigenvalue weighted by molar-refractivity contribution is 1.15. The summed E-state index contributed by atoms with van der Waals surface area (Å²) in [6.45, 7) is 1.94. The number of hydrogen-bond acceptors (Lipinski definition) is 4. The Morgan fingerprint density at radius 3 is 3.00 bits per heavy atom. The second-order valence-electron chi connectivity index (χ2n) is 4.33. The van der Waals surface area contributed by atoms with Crippen molar-refractivity contribution in [2.45, 2.75) is 6.92 Å². The molecule has 0 amide bonds. The van der Waals surface area contributed by atoms with Gasteiger partial charge in [0.05, 0.1) is 23.8 Å². The third kappa shape index (κ3) is 2.27. The van der Waals surface area contributed by atoms with Gasteiger partial charge in [0.2, 0.25) is 0 Å². The van der Waals surface area contributed by atoms with Crippen LogP contribution in [0.1, 0.15) is 17.1 Å². The van der Waals surface area contributed by atoms with Gasteiger partial charge in [-0.2, -0.15) is 5.26 Å². The second kappa shape index (κ2) is 4.94. The molecule has 3 aromatic heterocycles. The number of imidazole rings is 1. The third-order valence-corrected chi connectivity index (χ3v) is 2.86. The predicted octanol–water partition coefficient (Wildman–Crippen LogP) is 2.66. The summed E-state index contributed by atoms with van der Waals surface area (Å²) in [5.41, 5.74) is 3.72. The zero-order valence-electron chi connectivity index (χ0n) is 10.9. The molecule has 3 heterocycles. The van der Waals surface area contributed by atoms with Crippen molar-refractivity contribution in [3.63, 3.8) is 0 Å². The molecular weight excluding hydrogens is 250 g/mol. The molecule has 5 nitrogen and oxygen atoms in total. The van der Waals surface area contributed by atoms with E-state index in [1.807, 2.05) is 37.3 Å². The molecule has 3 rings (SSSR count). The summed E-state index contributed by atoms with van der Waals surface area (Å²) in [5.74, 6) is 0. The number of nitriles is 1. The standard InChI is InChI=1S/C15H11N5/c1-11-3-2-4-12(19-11)8-17-13-5-6-15-18-9-14(7-16)20(15)10-13/h2-6,8-10H,1H3/b17-8+. The molecule has 0 aliphatic carbocycles. The molecule has 0 saturated heterocycles. The highest BCUT2D eigenvalue weighted by molar-refractivity contribution is 5.79. The van der Waals surface area contributed by atoms with Crippen molar-refractivity contribution < 1.29 is 0 Å². The van der Waals surface area contributed by atoms with Crippen LogP contribution in [0.2, 0.25) is 0 Å². The molecule has 0 spiro atoms.